The van der Waals surface area contributed by atoms with Crippen LogP contribution in [0.2, 0.25) is 5.02 Å². The third-order valence-electron chi connectivity index (χ3n) is 3.37. The lowest BCUT2D eigenvalue weighted by Crippen LogP contribution is -2.45. The van der Waals surface area contributed by atoms with Gasteiger partial charge in [0.15, 0.2) is 0 Å². The Morgan fingerprint density at radius 2 is 2.09 bits per heavy atom. The van der Waals surface area contributed by atoms with Crippen molar-refractivity contribution in [1.29, 1.82) is 0 Å². The molecule has 0 spiro atoms. The van der Waals surface area contributed by atoms with Gasteiger partial charge in [-0.3, -0.25) is 9.69 Å². The smallest absolute Gasteiger partial charge is 0.410 e. The standard InChI is InChI=1S/C16H20ClFN2O3/c1-16(2,3)23-15(22)20-8-4-5-13(20)14(21)19-12-7-6-10(18)9-11(12)17/h6-7,9,13H,4-5,8H2,1-3H3,(H,19,21)/t13-/m0/s1. The van der Waals surface area contributed by atoms with Gasteiger partial charge in [-0.25, -0.2) is 9.18 Å². The average Bonchev–Trinajstić information content (AvgIpc) is 2.89. The molecule has 1 aromatic carbocycles. The third-order valence-corrected chi connectivity index (χ3v) is 3.69. The molecule has 1 atom stereocenters. The number of carbonyl (C=O) groups excluding carboxylic acids is 2. The number of carbonyl (C=O) groups is 2. The quantitative estimate of drug-likeness (QED) is 0.889. The molecule has 5 nitrogen and oxygen atoms in total. The first kappa shape index (κ1) is 17.5. The minimum atomic E-state index is -0.624. The van der Waals surface area contributed by atoms with E-state index in [-0.39, 0.29) is 10.9 Å². The van der Waals surface area contributed by atoms with Gasteiger partial charge in [0.25, 0.3) is 0 Å². The summed E-state index contributed by atoms with van der Waals surface area (Å²) in [6.07, 6.45) is 0.749. The number of likely N-dealkylation sites (tertiary alicyclic amines) is 1. The Bertz CT molecular complexity index is 616. The highest BCUT2D eigenvalue weighted by molar-refractivity contribution is 6.33. The van der Waals surface area contributed by atoms with E-state index in [1.165, 1.54) is 17.0 Å². The van der Waals surface area contributed by atoms with Gasteiger partial charge in [-0.1, -0.05) is 11.6 Å². The van der Waals surface area contributed by atoms with E-state index in [9.17, 15) is 14.0 Å². The van der Waals surface area contributed by atoms with Gasteiger partial charge >= 0.3 is 6.09 Å². The number of halogens is 2. The zero-order valence-electron chi connectivity index (χ0n) is 13.4. The molecule has 126 valence electrons. The van der Waals surface area contributed by atoms with E-state index < -0.39 is 23.6 Å². The highest BCUT2D eigenvalue weighted by Gasteiger charge is 2.36. The predicted molar refractivity (Wildman–Crippen MR) is 86.0 cm³/mol. The van der Waals surface area contributed by atoms with Crippen LogP contribution in [0.5, 0.6) is 0 Å². The summed E-state index contributed by atoms with van der Waals surface area (Å²) < 4.78 is 18.4. The first-order chi connectivity index (χ1) is 10.7. The second-order valence-corrected chi connectivity index (χ2v) is 6.85. The molecule has 2 amide bonds. The molecule has 1 saturated heterocycles. The lowest BCUT2D eigenvalue weighted by molar-refractivity contribution is -0.120. The number of nitrogens with one attached hydrogen (secondary N) is 1. The molecule has 0 aromatic heterocycles. The number of anilines is 1. The first-order valence-electron chi connectivity index (χ1n) is 7.43. The number of hydrogen-bond donors (Lipinski definition) is 1. The van der Waals surface area contributed by atoms with Crippen LogP contribution >= 0.6 is 11.6 Å². The number of benzene rings is 1. The van der Waals surface area contributed by atoms with Gasteiger partial charge in [0.05, 0.1) is 10.7 Å². The average molecular weight is 343 g/mol. The SMILES string of the molecule is CC(C)(C)OC(=O)N1CCC[C@H]1C(=O)Nc1ccc(F)cc1Cl. The molecule has 1 aliphatic heterocycles. The van der Waals surface area contributed by atoms with Crippen LogP contribution in [0.3, 0.4) is 0 Å². The van der Waals surface area contributed by atoms with Gasteiger partial charge in [-0.15, -0.1) is 0 Å². The van der Waals surface area contributed by atoms with Crippen molar-refractivity contribution in [2.45, 2.75) is 45.3 Å². The van der Waals surface area contributed by atoms with Gasteiger partial charge in [0, 0.05) is 6.54 Å². The first-order valence-corrected chi connectivity index (χ1v) is 7.81. The third kappa shape index (κ3) is 4.58. The maximum atomic E-state index is 13.0. The van der Waals surface area contributed by atoms with Crippen molar-refractivity contribution in [2.75, 3.05) is 11.9 Å². The van der Waals surface area contributed by atoms with E-state index in [2.05, 4.69) is 5.32 Å². The summed E-state index contributed by atoms with van der Waals surface area (Å²) in [6.45, 7) is 5.78. The summed E-state index contributed by atoms with van der Waals surface area (Å²) in [4.78, 5) is 26.0. The Morgan fingerprint density at radius 1 is 1.39 bits per heavy atom. The largest absolute Gasteiger partial charge is 0.444 e. The van der Waals surface area contributed by atoms with Gasteiger partial charge < -0.3 is 10.1 Å². The Morgan fingerprint density at radius 3 is 2.70 bits per heavy atom. The summed E-state index contributed by atoms with van der Waals surface area (Å²) in [5.41, 5.74) is -0.310. The van der Waals surface area contributed by atoms with Crippen LogP contribution in [0.25, 0.3) is 0 Å². The number of rotatable bonds is 2. The molecule has 0 saturated carbocycles. The van der Waals surface area contributed by atoms with Crippen molar-refractivity contribution in [3.63, 3.8) is 0 Å². The Kier molecular flexibility index (Phi) is 5.14. The number of nitrogens with zero attached hydrogens (tertiary/aromatic N) is 1. The second-order valence-electron chi connectivity index (χ2n) is 6.45. The summed E-state index contributed by atoms with van der Waals surface area (Å²) in [6, 6.07) is 3.10. The monoisotopic (exact) mass is 342 g/mol. The molecule has 7 heteroatoms. The summed E-state index contributed by atoms with van der Waals surface area (Å²) in [7, 11) is 0. The fraction of sp³-hybridized carbons (Fsp3) is 0.500. The molecule has 1 heterocycles. The number of ether oxygens (including phenoxy) is 1. The van der Waals surface area contributed by atoms with Crippen LogP contribution in [-0.2, 0) is 9.53 Å². The van der Waals surface area contributed by atoms with Crippen molar-refractivity contribution in [2.24, 2.45) is 0 Å². The Hall–Kier alpha value is -1.82. The predicted octanol–water partition coefficient (Wildman–Crippen LogP) is 3.82. The molecular formula is C16H20ClFN2O3. The molecule has 2 rings (SSSR count). The van der Waals surface area contributed by atoms with E-state index in [0.717, 1.165) is 6.07 Å². The van der Waals surface area contributed by atoms with Crippen molar-refractivity contribution in [1.82, 2.24) is 4.90 Å². The van der Waals surface area contributed by atoms with Gasteiger partial charge in [0.1, 0.15) is 17.5 Å². The van der Waals surface area contributed by atoms with E-state index in [0.29, 0.717) is 25.1 Å². The van der Waals surface area contributed by atoms with Crippen LogP contribution < -0.4 is 5.32 Å². The lowest BCUT2D eigenvalue weighted by atomic mass is 10.2. The number of amides is 2. The van der Waals surface area contributed by atoms with Crippen LogP contribution in [0, 0.1) is 5.82 Å². The zero-order chi connectivity index (χ0) is 17.2. The summed E-state index contributed by atoms with van der Waals surface area (Å²) in [5, 5.41) is 2.75. The minimum Gasteiger partial charge on any atom is -0.444 e. The van der Waals surface area contributed by atoms with Gasteiger partial charge in [0.2, 0.25) is 5.91 Å². The zero-order valence-corrected chi connectivity index (χ0v) is 14.1. The number of hydrogen-bond acceptors (Lipinski definition) is 3. The normalized spacial score (nSPS) is 18.0. The molecule has 0 unspecified atom stereocenters. The molecule has 1 aliphatic rings. The minimum absolute atomic E-state index is 0.111. The summed E-state index contributed by atoms with van der Waals surface area (Å²) >= 11 is 5.91. The lowest BCUT2D eigenvalue weighted by Gasteiger charge is -2.28. The highest BCUT2D eigenvalue weighted by atomic mass is 35.5. The fourth-order valence-electron chi connectivity index (χ4n) is 2.39. The molecular weight excluding hydrogens is 323 g/mol. The van der Waals surface area contributed by atoms with Crippen molar-refractivity contribution < 1.29 is 18.7 Å². The van der Waals surface area contributed by atoms with E-state index in [4.69, 9.17) is 16.3 Å². The van der Waals surface area contributed by atoms with Crippen LogP contribution in [0.15, 0.2) is 18.2 Å². The fourth-order valence-corrected chi connectivity index (χ4v) is 2.60. The second kappa shape index (κ2) is 6.74. The van der Waals surface area contributed by atoms with Crippen molar-refractivity contribution in [3.05, 3.63) is 29.0 Å². The van der Waals surface area contributed by atoms with Crippen LogP contribution in [0.4, 0.5) is 14.9 Å². The van der Waals surface area contributed by atoms with Gasteiger partial charge in [-0.2, -0.15) is 0 Å². The molecule has 1 fully saturated rings. The maximum Gasteiger partial charge on any atom is 0.410 e. The molecule has 0 bridgehead atoms. The highest BCUT2D eigenvalue weighted by Crippen LogP contribution is 2.25. The van der Waals surface area contributed by atoms with E-state index in [1.54, 1.807) is 20.8 Å². The Labute approximate surface area is 139 Å². The Balaban J connectivity index is 2.07. The molecule has 0 aliphatic carbocycles. The van der Waals surface area contributed by atoms with Crippen LogP contribution in [0.1, 0.15) is 33.6 Å². The maximum absolute atomic E-state index is 13.0. The van der Waals surface area contributed by atoms with Crippen molar-refractivity contribution in [3.8, 4) is 0 Å². The topological polar surface area (TPSA) is 58.6 Å². The molecule has 1 aromatic rings. The van der Waals surface area contributed by atoms with Gasteiger partial charge in [-0.05, 0) is 51.8 Å². The molecule has 0 radical (unpaired) electrons. The molecule has 23 heavy (non-hydrogen) atoms. The van der Waals surface area contributed by atoms with E-state index >= 15 is 0 Å². The molecule has 1 N–H and O–H groups in total. The van der Waals surface area contributed by atoms with E-state index in [1.807, 2.05) is 0 Å². The van der Waals surface area contributed by atoms with Crippen LogP contribution in [-0.4, -0.2) is 35.1 Å². The summed E-state index contributed by atoms with van der Waals surface area (Å²) in [5.74, 6) is -0.842. The van der Waals surface area contributed by atoms with Crippen molar-refractivity contribution >= 4 is 29.3 Å².